The van der Waals surface area contributed by atoms with E-state index in [-0.39, 0.29) is 0 Å². The molecule has 0 unspecified atom stereocenters. The molecule has 0 aromatic heterocycles. The molecule has 0 aromatic carbocycles. The van der Waals surface area contributed by atoms with Gasteiger partial charge in [0.25, 0.3) is 0 Å². The Hall–Kier alpha value is -0.500. The standard InChI is InChI=1S/C7H16N2/c1-4-5-6-7(2)9(3)8/h6H,4-5,8H2,1-3H3/b7-6-. The summed E-state index contributed by atoms with van der Waals surface area (Å²) in [6, 6.07) is 0. The normalized spacial score (nSPS) is 11.8. The quantitative estimate of drug-likeness (QED) is 0.461. The Bertz CT molecular complexity index is 95.1. The highest BCUT2D eigenvalue weighted by molar-refractivity contribution is 4.93. The lowest BCUT2D eigenvalue weighted by Gasteiger charge is -2.11. The van der Waals surface area contributed by atoms with Gasteiger partial charge in [0.05, 0.1) is 0 Å². The summed E-state index contributed by atoms with van der Waals surface area (Å²) in [6.45, 7) is 4.16. The van der Waals surface area contributed by atoms with Crippen molar-refractivity contribution in [2.75, 3.05) is 7.05 Å². The second-order valence-corrected chi connectivity index (χ2v) is 2.25. The van der Waals surface area contributed by atoms with Crippen molar-refractivity contribution < 1.29 is 0 Å². The van der Waals surface area contributed by atoms with Crippen LogP contribution in [0.1, 0.15) is 26.7 Å². The molecule has 0 saturated carbocycles. The van der Waals surface area contributed by atoms with E-state index in [0.717, 1.165) is 12.1 Å². The molecule has 0 heterocycles. The number of allylic oxidation sites excluding steroid dienone is 2. The van der Waals surface area contributed by atoms with Crippen molar-refractivity contribution in [2.45, 2.75) is 26.7 Å². The summed E-state index contributed by atoms with van der Waals surface area (Å²) in [4.78, 5) is 0. The Kier molecular flexibility index (Phi) is 4.14. The van der Waals surface area contributed by atoms with Gasteiger partial charge in [0.15, 0.2) is 0 Å². The van der Waals surface area contributed by atoms with E-state index in [9.17, 15) is 0 Å². The molecular formula is C7H16N2. The van der Waals surface area contributed by atoms with E-state index >= 15 is 0 Å². The van der Waals surface area contributed by atoms with Gasteiger partial charge in [-0.05, 0) is 13.3 Å². The Balaban J connectivity index is 3.55. The largest absolute Gasteiger partial charge is 0.319 e. The molecule has 0 spiro atoms. The predicted molar refractivity (Wildman–Crippen MR) is 40.6 cm³/mol. The van der Waals surface area contributed by atoms with Crippen molar-refractivity contribution in [3.05, 3.63) is 11.8 Å². The number of nitrogens with zero attached hydrogens (tertiary/aromatic N) is 1. The second kappa shape index (κ2) is 4.39. The average Bonchev–Trinajstić information content (AvgIpc) is 1.82. The van der Waals surface area contributed by atoms with Crippen LogP contribution in [0.5, 0.6) is 0 Å². The molecule has 2 heteroatoms. The Labute approximate surface area is 57.3 Å². The third kappa shape index (κ3) is 4.03. The van der Waals surface area contributed by atoms with Gasteiger partial charge in [0.2, 0.25) is 0 Å². The van der Waals surface area contributed by atoms with E-state index in [1.807, 2.05) is 14.0 Å². The zero-order chi connectivity index (χ0) is 7.28. The highest BCUT2D eigenvalue weighted by Gasteiger charge is 1.87. The van der Waals surface area contributed by atoms with Crippen molar-refractivity contribution >= 4 is 0 Å². The van der Waals surface area contributed by atoms with Gasteiger partial charge in [-0.25, -0.2) is 5.84 Å². The van der Waals surface area contributed by atoms with Crippen molar-refractivity contribution in [3.8, 4) is 0 Å². The predicted octanol–water partition coefficient (Wildman–Crippen LogP) is 1.50. The number of hydrogen-bond donors (Lipinski definition) is 1. The second-order valence-electron chi connectivity index (χ2n) is 2.25. The fourth-order valence-corrected chi connectivity index (χ4v) is 0.497. The summed E-state index contributed by atoms with van der Waals surface area (Å²) >= 11 is 0. The summed E-state index contributed by atoms with van der Waals surface area (Å²) in [7, 11) is 1.85. The maximum Gasteiger partial charge on any atom is 0.0225 e. The molecule has 0 saturated heterocycles. The van der Waals surface area contributed by atoms with E-state index in [0.29, 0.717) is 0 Å². The molecule has 0 atom stereocenters. The first kappa shape index (κ1) is 8.50. The highest BCUT2D eigenvalue weighted by atomic mass is 15.4. The van der Waals surface area contributed by atoms with Crippen LogP contribution in [-0.2, 0) is 0 Å². The van der Waals surface area contributed by atoms with Gasteiger partial charge >= 0.3 is 0 Å². The first-order chi connectivity index (χ1) is 4.18. The molecular weight excluding hydrogens is 112 g/mol. The molecule has 0 aliphatic heterocycles. The number of unbranched alkanes of at least 4 members (excludes halogenated alkanes) is 1. The van der Waals surface area contributed by atoms with Gasteiger partial charge in [-0.3, -0.25) is 0 Å². The molecule has 0 rings (SSSR count). The average molecular weight is 128 g/mol. The van der Waals surface area contributed by atoms with E-state index in [2.05, 4.69) is 13.0 Å². The fraction of sp³-hybridized carbons (Fsp3) is 0.714. The Morgan fingerprint density at radius 1 is 1.67 bits per heavy atom. The highest BCUT2D eigenvalue weighted by Crippen LogP contribution is 1.97. The molecule has 9 heavy (non-hydrogen) atoms. The topological polar surface area (TPSA) is 29.3 Å². The van der Waals surface area contributed by atoms with Crippen molar-refractivity contribution in [3.63, 3.8) is 0 Å². The lowest BCUT2D eigenvalue weighted by Crippen LogP contribution is -2.23. The van der Waals surface area contributed by atoms with E-state index in [1.54, 1.807) is 5.01 Å². The molecule has 0 bridgehead atoms. The minimum atomic E-state index is 1.12. The van der Waals surface area contributed by atoms with Gasteiger partial charge in [0, 0.05) is 12.7 Å². The first-order valence-electron chi connectivity index (χ1n) is 3.33. The smallest absolute Gasteiger partial charge is 0.0225 e. The van der Waals surface area contributed by atoms with Crippen LogP contribution in [-0.4, -0.2) is 12.1 Å². The van der Waals surface area contributed by atoms with Crippen LogP contribution in [0.15, 0.2) is 11.8 Å². The van der Waals surface area contributed by atoms with Crippen LogP contribution in [0.4, 0.5) is 0 Å². The SMILES string of the molecule is CCC/C=C(/C)N(C)N. The molecule has 0 aromatic rings. The molecule has 54 valence electrons. The van der Waals surface area contributed by atoms with Crippen molar-refractivity contribution in [2.24, 2.45) is 5.84 Å². The zero-order valence-electron chi connectivity index (χ0n) is 6.52. The minimum absolute atomic E-state index is 1.12. The number of hydrazine groups is 1. The van der Waals surface area contributed by atoms with Crippen LogP contribution in [0, 0.1) is 0 Å². The molecule has 0 aliphatic rings. The third-order valence-corrected chi connectivity index (χ3v) is 1.28. The Morgan fingerprint density at radius 2 is 2.22 bits per heavy atom. The molecule has 0 radical (unpaired) electrons. The summed E-state index contributed by atoms with van der Waals surface area (Å²) in [6.07, 6.45) is 4.44. The van der Waals surface area contributed by atoms with Crippen LogP contribution in [0.2, 0.25) is 0 Å². The zero-order valence-corrected chi connectivity index (χ0v) is 6.52. The van der Waals surface area contributed by atoms with E-state index in [4.69, 9.17) is 5.84 Å². The van der Waals surface area contributed by atoms with Crippen molar-refractivity contribution in [1.82, 2.24) is 5.01 Å². The van der Waals surface area contributed by atoms with Gasteiger partial charge in [0.1, 0.15) is 0 Å². The Morgan fingerprint density at radius 3 is 2.56 bits per heavy atom. The lowest BCUT2D eigenvalue weighted by atomic mass is 10.3. The first-order valence-corrected chi connectivity index (χ1v) is 3.33. The third-order valence-electron chi connectivity index (χ3n) is 1.28. The fourth-order valence-electron chi connectivity index (χ4n) is 0.497. The number of rotatable bonds is 3. The van der Waals surface area contributed by atoms with Crippen molar-refractivity contribution in [1.29, 1.82) is 0 Å². The number of hydrogen-bond acceptors (Lipinski definition) is 2. The van der Waals surface area contributed by atoms with Gasteiger partial charge < -0.3 is 5.01 Å². The maximum absolute atomic E-state index is 5.44. The molecule has 0 aliphatic carbocycles. The summed E-state index contributed by atoms with van der Waals surface area (Å²) in [5.74, 6) is 5.44. The van der Waals surface area contributed by atoms with Crippen LogP contribution in [0.25, 0.3) is 0 Å². The van der Waals surface area contributed by atoms with Crippen LogP contribution >= 0.6 is 0 Å². The van der Waals surface area contributed by atoms with Gasteiger partial charge in [-0.15, -0.1) is 0 Å². The molecule has 2 nitrogen and oxygen atoms in total. The summed E-state index contributed by atoms with van der Waals surface area (Å²) < 4.78 is 0. The summed E-state index contributed by atoms with van der Waals surface area (Å²) in [5.41, 5.74) is 1.14. The monoisotopic (exact) mass is 128 g/mol. The lowest BCUT2D eigenvalue weighted by molar-refractivity contribution is 0.439. The van der Waals surface area contributed by atoms with Gasteiger partial charge in [-0.2, -0.15) is 0 Å². The van der Waals surface area contributed by atoms with Crippen LogP contribution < -0.4 is 5.84 Å². The summed E-state index contributed by atoms with van der Waals surface area (Å²) in [5, 5.41) is 1.63. The van der Waals surface area contributed by atoms with Crippen LogP contribution in [0.3, 0.4) is 0 Å². The van der Waals surface area contributed by atoms with Gasteiger partial charge in [-0.1, -0.05) is 19.4 Å². The molecule has 0 amide bonds. The minimum Gasteiger partial charge on any atom is -0.319 e. The maximum atomic E-state index is 5.44. The molecule has 0 fully saturated rings. The van der Waals surface area contributed by atoms with E-state index < -0.39 is 0 Å². The molecule has 2 N–H and O–H groups in total. The van der Waals surface area contributed by atoms with E-state index in [1.165, 1.54) is 6.42 Å². The number of nitrogens with two attached hydrogens (primary N) is 1.